The lowest BCUT2D eigenvalue weighted by atomic mass is 9.87. The molecule has 2 aliphatic rings. The van der Waals surface area contributed by atoms with Crippen molar-refractivity contribution in [1.29, 1.82) is 0 Å². The van der Waals surface area contributed by atoms with E-state index >= 15 is 0 Å². The Morgan fingerprint density at radius 2 is 2.32 bits per heavy atom. The van der Waals surface area contributed by atoms with E-state index in [0.29, 0.717) is 13.1 Å². The number of fused-ring (bicyclic) bond motifs is 4. The first-order valence-corrected chi connectivity index (χ1v) is 9.06. The molecule has 0 radical (unpaired) electrons. The highest BCUT2D eigenvalue weighted by Gasteiger charge is 2.56. The van der Waals surface area contributed by atoms with E-state index in [9.17, 15) is 14.7 Å². The molecule has 25 heavy (non-hydrogen) atoms. The van der Waals surface area contributed by atoms with Crippen LogP contribution in [-0.2, 0) is 22.6 Å². The lowest BCUT2D eigenvalue weighted by Gasteiger charge is -2.37. The molecule has 0 unspecified atom stereocenters. The van der Waals surface area contributed by atoms with Crippen molar-refractivity contribution in [3.8, 4) is 0 Å². The van der Waals surface area contributed by atoms with E-state index in [2.05, 4.69) is 9.88 Å². The van der Waals surface area contributed by atoms with Crippen molar-refractivity contribution in [2.75, 3.05) is 13.7 Å². The molecule has 0 saturated carbocycles. The lowest BCUT2D eigenvalue weighted by Crippen LogP contribution is -2.45. The second-order valence-electron chi connectivity index (χ2n) is 6.41. The predicted octanol–water partition coefficient (Wildman–Crippen LogP) is 0.642. The smallest absolute Gasteiger partial charge is 0.311 e. The summed E-state index contributed by atoms with van der Waals surface area (Å²) in [6.07, 6.45) is 1.76. The molecular weight excluding hydrogens is 342 g/mol. The van der Waals surface area contributed by atoms with Gasteiger partial charge < -0.3 is 14.4 Å². The van der Waals surface area contributed by atoms with E-state index in [-0.39, 0.29) is 36.1 Å². The Balaban J connectivity index is 1.83. The largest absolute Gasteiger partial charge is 0.469 e. The molecule has 1 saturated heterocycles. The Hall–Kier alpha value is -2.03. The number of methoxy groups -OCH3 is 1. The van der Waals surface area contributed by atoms with Gasteiger partial charge >= 0.3 is 5.97 Å². The zero-order chi connectivity index (χ0) is 17.6. The second kappa shape index (κ2) is 6.36. The Morgan fingerprint density at radius 3 is 3.00 bits per heavy atom. The Labute approximate surface area is 148 Å². The number of esters is 1. The number of hydrogen-bond acceptors (Lipinski definition) is 7. The number of aliphatic hydroxyl groups is 1. The number of pyridine rings is 1. The summed E-state index contributed by atoms with van der Waals surface area (Å²) in [6.45, 7) is 0.910. The van der Waals surface area contributed by atoms with Crippen molar-refractivity contribution in [2.45, 2.75) is 25.2 Å². The van der Waals surface area contributed by atoms with Gasteiger partial charge in [0.25, 0.3) is 5.56 Å². The highest BCUT2D eigenvalue weighted by Crippen LogP contribution is 2.49. The minimum absolute atomic E-state index is 0.0800. The van der Waals surface area contributed by atoms with Crippen molar-refractivity contribution in [3.05, 3.63) is 50.8 Å². The summed E-state index contributed by atoms with van der Waals surface area (Å²) < 4.78 is 6.75. The maximum absolute atomic E-state index is 12.5. The van der Waals surface area contributed by atoms with Crippen molar-refractivity contribution in [1.82, 2.24) is 14.5 Å². The third-order valence-corrected chi connectivity index (χ3v) is 6.08. The quantitative estimate of drug-likeness (QED) is 0.805. The monoisotopic (exact) mass is 361 g/mol. The molecule has 132 valence electrons. The lowest BCUT2D eigenvalue weighted by molar-refractivity contribution is -0.148. The fraction of sp³-hybridized carbons (Fsp3) is 0.471. The highest BCUT2D eigenvalue weighted by molar-refractivity contribution is 7.09. The summed E-state index contributed by atoms with van der Waals surface area (Å²) in [4.78, 5) is 31.4. The van der Waals surface area contributed by atoms with Crippen LogP contribution in [0.4, 0.5) is 0 Å². The zero-order valence-corrected chi connectivity index (χ0v) is 14.6. The van der Waals surface area contributed by atoms with Crippen LogP contribution in [0.25, 0.3) is 0 Å². The van der Waals surface area contributed by atoms with Gasteiger partial charge in [0.2, 0.25) is 0 Å². The van der Waals surface area contributed by atoms with Crippen LogP contribution < -0.4 is 5.56 Å². The molecule has 2 aromatic rings. The van der Waals surface area contributed by atoms with Crippen LogP contribution in [0.2, 0.25) is 0 Å². The van der Waals surface area contributed by atoms with Gasteiger partial charge in [-0.05, 0) is 6.07 Å². The fourth-order valence-electron chi connectivity index (χ4n) is 4.28. The van der Waals surface area contributed by atoms with Crippen LogP contribution >= 0.6 is 11.3 Å². The van der Waals surface area contributed by atoms with Crippen LogP contribution in [0.5, 0.6) is 0 Å². The second-order valence-corrected chi connectivity index (χ2v) is 7.38. The average molecular weight is 361 g/mol. The standard InChI is InChI=1S/C17H19N3O4S/c1-24-17(23)15-10(9-21)12-7-19-11(3-2-4-14(19)22)16(15)20(12)8-13-18-5-6-25-13/h2-6,10,12,15-16,21H,7-9H2,1H3/t10-,12-,15+,16+/m0/s1. The summed E-state index contributed by atoms with van der Waals surface area (Å²) in [5, 5.41) is 12.9. The van der Waals surface area contributed by atoms with Crippen LogP contribution in [-0.4, -0.2) is 45.3 Å². The van der Waals surface area contributed by atoms with E-state index in [1.54, 1.807) is 28.2 Å². The van der Waals surface area contributed by atoms with Gasteiger partial charge in [-0.2, -0.15) is 0 Å². The van der Waals surface area contributed by atoms with E-state index in [1.165, 1.54) is 13.2 Å². The van der Waals surface area contributed by atoms with Gasteiger partial charge in [0.05, 0.1) is 25.6 Å². The molecule has 2 aromatic heterocycles. The minimum Gasteiger partial charge on any atom is -0.469 e. The molecule has 0 spiro atoms. The van der Waals surface area contributed by atoms with Crippen LogP contribution in [0.15, 0.2) is 34.6 Å². The number of thiazole rings is 1. The first-order chi connectivity index (χ1) is 12.2. The van der Waals surface area contributed by atoms with Crippen molar-refractivity contribution >= 4 is 17.3 Å². The summed E-state index contributed by atoms with van der Waals surface area (Å²) in [5.41, 5.74) is 0.718. The number of carbonyl (C=O) groups is 1. The number of rotatable bonds is 4. The van der Waals surface area contributed by atoms with Crippen LogP contribution in [0, 0.1) is 11.8 Å². The number of ether oxygens (including phenoxy) is 1. The van der Waals surface area contributed by atoms with Gasteiger partial charge in [-0.3, -0.25) is 14.5 Å². The van der Waals surface area contributed by atoms with E-state index in [0.717, 1.165) is 10.7 Å². The molecule has 7 nitrogen and oxygen atoms in total. The molecule has 4 atom stereocenters. The Kier molecular flexibility index (Phi) is 4.18. The first-order valence-electron chi connectivity index (χ1n) is 8.18. The third-order valence-electron chi connectivity index (χ3n) is 5.32. The number of aromatic nitrogens is 2. The first kappa shape index (κ1) is 16.4. The molecule has 4 heterocycles. The number of aliphatic hydroxyl groups excluding tert-OH is 1. The van der Waals surface area contributed by atoms with Crippen LogP contribution in [0.3, 0.4) is 0 Å². The van der Waals surface area contributed by atoms with Gasteiger partial charge in [0.1, 0.15) is 5.01 Å². The Morgan fingerprint density at radius 1 is 1.48 bits per heavy atom. The third kappa shape index (κ3) is 2.52. The summed E-state index contributed by atoms with van der Waals surface area (Å²) in [7, 11) is 1.36. The molecular formula is C17H19N3O4S. The zero-order valence-electron chi connectivity index (χ0n) is 13.7. The summed E-state index contributed by atoms with van der Waals surface area (Å²) in [5.74, 6) is -1.13. The van der Waals surface area contributed by atoms with Gasteiger partial charge in [-0.25, -0.2) is 4.98 Å². The van der Waals surface area contributed by atoms with Gasteiger partial charge in [0.15, 0.2) is 0 Å². The minimum atomic E-state index is -0.504. The molecule has 1 N–H and O–H groups in total. The fourth-order valence-corrected chi connectivity index (χ4v) is 4.91. The average Bonchev–Trinajstić information content (AvgIpc) is 3.19. The maximum atomic E-state index is 12.5. The van der Waals surface area contributed by atoms with Crippen molar-refractivity contribution in [2.24, 2.45) is 11.8 Å². The summed E-state index contributed by atoms with van der Waals surface area (Å²) >= 11 is 1.56. The van der Waals surface area contributed by atoms with Gasteiger partial charge in [-0.15, -0.1) is 11.3 Å². The summed E-state index contributed by atoms with van der Waals surface area (Å²) in [6, 6.07) is 4.71. The van der Waals surface area contributed by atoms with E-state index in [4.69, 9.17) is 4.74 Å². The molecule has 8 heteroatoms. The molecule has 0 amide bonds. The number of hydrogen-bond donors (Lipinski definition) is 1. The molecule has 0 aliphatic carbocycles. The van der Waals surface area contributed by atoms with Gasteiger partial charge in [-0.1, -0.05) is 6.07 Å². The molecule has 2 aliphatic heterocycles. The Bertz CT molecular complexity index is 835. The van der Waals surface area contributed by atoms with E-state index in [1.807, 2.05) is 11.4 Å². The molecule has 1 fully saturated rings. The maximum Gasteiger partial charge on any atom is 0.311 e. The topological polar surface area (TPSA) is 84.7 Å². The van der Waals surface area contributed by atoms with Gasteiger partial charge in [0, 0.05) is 48.4 Å². The number of carbonyl (C=O) groups excluding carboxylic acids is 1. The van der Waals surface area contributed by atoms with Crippen molar-refractivity contribution < 1.29 is 14.6 Å². The van der Waals surface area contributed by atoms with Crippen LogP contribution in [0.1, 0.15) is 16.7 Å². The van der Waals surface area contributed by atoms with E-state index < -0.39 is 5.92 Å². The predicted molar refractivity (Wildman–Crippen MR) is 91.0 cm³/mol. The highest BCUT2D eigenvalue weighted by atomic mass is 32.1. The SMILES string of the molecule is COC(=O)[C@@H]1[C@@H](CO)[C@@H]2Cn3c(cccc3=O)[C@H]1N2Cc1nccs1. The number of nitrogens with zero attached hydrogens (tertiary/aromatic N) is 3. The molecule has 4 rings (SSSR count). The van der Waals surface area contributed by atoms with Crippen molar-refractivity contribution in [3.63, 3.8) is 0 Å². The molecule has 2 bridgehead atoms. The normalized spacial score (nSPS) is 27.9. The molecule has 0 aromatic carbocycles.